The molecule has 28 heavy (non-hydrogen) atoms. The highest BCUT2D eigenvalue weighted by Crippen LogP contribution is 2.30. The lowest BCUT2D eigenvalue weighted by molar-refractivity contribution is -0.117. The maximum atomic E-state index is 12.4. The minimum Gasteiger partial charge on any atom is -0.378 e. The van der Waals surface area contributed by atoms with Crippen LogP contribution < -0.4 is 9.80 Å². The SMILES string of the molecule is CN(C)c1ccc(CCc2nc(C3CC(=O)N(c4ccccc4)C3)no2)cc1. The molecule has 2 heterocycles. The highest BCUT2D eigenvalue weighted by molar-refractivity contribution is 5.96. The first-order valence-electron chi connectivity index (χ1n) is 9.54. The Bertz CT molecular complexity index is 935. The lowest BCUT2D eigenvalue weighted by Gasteiger charge is -2.15. The van der Waals surface area contributed by atoms with Gasteiger partial charge in [0.2, 0.25) is 11.8 Å². The van der Waals surface area contributed by atoms with Crippen molar-refractivity contribution in [3.8, 4) is 0 Å². The highest BCUT2D eigenvalue weighted by Gasteiger charge is 2.34. The van der Waals surface area contributed by atoms with Crippen molar-refractivity contribution in [3.63, 3.8) is 0 Å². The van der Waals surface area contributed by atoms with E-state index in [1.165, 1.54) is 11.3 Å². The maximum Gasteiger partial charge on any atom is 0.227 e. The molecule has 0 saturated carbocycles. The van der Waals surface area contributed by atoms with E-state index < -0.39 is 0 Å². The Hall–Kier alpha value is -3.15. The number of nitrogens with zero attached hydrogens (tertiary/aromatic N) is 4. The second-order valence-corrected chi connectivity index (χ2v) is 7.35. The summed E-state index contributed by atoms with van der Waals surface area (Å²) < 4.78 is 5.44. The molecule has 1 amide bonds. The zero-order valence-electron chi connectivity index (χ0n) is 16.2. The van der Waals surface area contributed by atoms with Gasteiger partial charge in [0.05, 0.1) is 0 Å². The van der Waals surface area contributed by atoms with E-state index in [2.05, 4.69) is 39.3 Å². The van der Waals surface area contributed by atoms with Crippen molar-refractivity contribution in [3.05, 3.63) is 71.9 Å². The quantitative estimate of drug-likeness (QED) is 0.659. The van der Waals surface area contributed by atoms with Crippen LogP contribution in [-0.2, 0) is 17.6 Å². The molecule has 1 aliphatic heterocycles. The fraction of sp³-hybridized carbons (Fsp3) is 0.318. The van der Waals surface area contributed by atoms with Gasteiger partial charge in [-0.05, 0) is 36.2 Å². The summed E-state index contributed by atoms with van der Waals surface area (Å²) in [5.41, 5.74) is 3.33. The van der Waals surface area contributed by atoms with Gasteiger partial charge >= 0.3 is 0 Å². The van der Waals surface area contributed by atoms with Gasteiger partial charge < -0.3 is 14.3 Å². The number of para-hydroxylation sites is 1. The van der Waals surface area contributed by atoms with Crippen LogP contribution in [0.1, 0.15) is 29.6 Å². The van der Waals surface area contributed by atoms with Crippen LogP contribution in [0.2, 0.25) is 0 Å². The number of carbonyl (C=O) groups is 1. The summed E-state index contributed by atoms with van der Waals surface area (Å²) in [7, 11) is 4.06. The van der Waals surface area contributed by atoms with Gasteiger partial charge in [-0.3, -0.25) is 4.79 Å². The average Bonchev–Trinajstić information content (AvgIpc) is 3.34. The first kappa shape index (κ1) is 18.2. The highest BCUT2D eigenvalue weighted by atomic mass is 16.5. The monoisotopic (exact) mass is 376 g/mol. The van der Waals surface area contributed by atoms with Crippen molar-refractivity contribution in [2.75, 3.05) is 30.4 Å². The van der Waals surface area contributed by atoms with E-state index in [9.17, 15) is 4.79 Å². The number of hydrogen-bond acceptors (Lipinski definition) is 5. The smallest absolute Gasteiger partial charge is 0.227 e. The van der Waals surface area contributed by atoms with E-state index in [0.717, 1.165) is 12.1 Å². The molecular weight excluding hydrogens is 352 g/mol. The zero-order chi connectivity index (χ0) is 19.5. The van der Waals surface area contributed by atoms with Gasteiger partial charge in [0.1, 0.15) is 0 Å². The van der Waals surface area contributed by atoms with Crippen LogP contribution in [0.15, 0.2) is 59.1 Å². The van der Waals surface area contributed by atoms with Gasteiger partial charge in [0.15, 0.2) is 5.82 Å². The number of rotatable bonds is 6. The Morgan fingerprint density at radius 2 is 1.82 bits per heavy atom. The Balaban J connectivity index is 1.37. The minimum absolute atomic E-state index is 0.0235. The largest absolute Gasteiger partial charge is 0.378 e. The number of carbonyl (C=O) groups excluding carboxylic acids is 1. The van der Waals surface area contributed by atoms with Crippen LogP contribution >= 0.6 is 0 Å². The summed E-state index contributed by atoms with van der Waals surface area (Å²) in [6.07, 6.45) is 1.95. The summed E-state index contributed by atoms with van der Waals surface area (Å²) in [6.45, 7) is 0.591. The van der Waals surface area contributed by atoms with Gasteiger partial charge in [-0.1, -0.05) is 35.5 Å². The molecule has 144 valence electrons. The fourth-order valence-electron chi connectivity index (χ4n) is 3.49. The molecule has 4 rings (SSSR count). The van der Waals surface area contributed by atoms with Gasteiger partial charge in [-0.2, -0.15) is 4.98 Å². The number of amides is 1. The van der Waals surface area contributed by atoms with E-state index >= 15 is 0 Å². The van der Waals surface area contributed by atoms with Gasteiger partial charge in [-0.15, -0.1) is 0 Å². The van der Waals surface area contributed by atoms with E-state index in [-0.39, 0.29) is 11.8 Å². The van der Waals surface area contributed by atoms with Gasteiger partial charge in [0.25, 0.3) is 0 Å². The van der Waals surface area contributed by atoms with Crippen LogP contribution in [0.4, 0.5) is 11.4 Å². The van der Waals surface area contributed by atoms with Crippen LogP contribution in [0.5, 0.6) is 0 Å². The van der Waals surface area contributed by atoms with Gasteiger partial charge in [0, 0.05) is 50.8 Å². The summed E-state index contributed by atoms with van der Waals surface area (Å²) in [4.78, 5) is 20.8. The topological polar surface area (TPSA) is 62.5 Å². The van der Waals surface area contributed by atoms with E-state index in [1.54, 1.807) is 4.90 Å². The summed E-state index contributed by atoms with van der Waals surface area (Å²) in [5.74, 6) is 1.33. The first-order valence-corrected chi connectivity index (χ1v) is 9.54. The third kappa shape index (κ3) is 3.91. The Labute approximate surface area is 164 Å². The molecule has 1 saturated heterocycles. The van der Waals surface area contributed by atoms with E-state index in [1.807, 2.05) is 44.4 Å². The molecule has 0 spiro atoms. The molecule has 1 fully saturated rings. The third-order valence-corrected chi connectivity index (χ3v) is 5.12. The van der Waals surface area contributed by atoms with Crippen LogP contribution in [0.3, 0.4) is 0 Å². The molecular formula is C22H24N4O2. The molecule has 3 aromatic rings. The van der Waals surface area contributed by atoms with Gasteiger partial charge in [-0.25, -0.2) is 0 Å². The van der Waals surface area contributed by atoms with Crippen molar-refractivity contribution < 1.29 is 9.32 Å². The number of hydrogen-bond donors (Lipinski definition) is 0. The predicted molar refractivity (Wildman–Crippen MR) is 109 cm³/mol. The van der Waals surface area contributed by atoms with Crippen LogP contribution in [-0.4, -0.2) is 36.7 Å². The average molecular weight is 376 g/mol. The van der Waals surface area contributed by atoms with Crippen molar-refractivity contribution >= 4 is 17.3 Å². The molecule has 0 aliphatic carbocycles. The fourth-order valence-corrected chi connectivity index (χ4v) is 3.49. The molecule has 1 unspecified atom stereocenters. The normalized spacial score (nSPS) is 16.6. The molecule has 0 N–H and O–H groups in total. The standard InChI is InChI=1S/C22H24N4O2/c1-25(2)18-11-8-16(9-12-18)10-13-20-23-22(24-28-20)17-14-21(27)26(15-17)19-6-4-3-5-7-19/h3-9,11-12,17H,10,13-15H2,1-2H3. The van der Waals surface area contributed by atoms with Crippen molar-refractivity contribution in [2.24, 2.45) is 0 Å². The number of anilines is 2. The van der Waals surface area contributed by atoms with E-state index in [0.29, 0.717) is 31.1 Å². The summed E-state index contributed by atoms with van der Waals surface area (Å²) in [5, 5.41) is 4.14. The van der Waals surface area contributed by atoms with Crippen molar-refractivity contribution in [1.29, 1.82) is 0 Å². The Kier molecular flexibility index (Phi) is 5.10. The van der Waals surface area contributed by atoms with Crippen molar-refractivity contribution in [2.45, 2.75) is 25.2 Å². The second-order valence-electron chi connectivity index (χ2n) is 7.35. The molecule has 6 heteroatoms. The lowest BCUT2D eigenvalue weighted by Crippen LogP contribution is -2.24. The molecule has 1 aromatic heterocycles. The third-order valence-electron chi connectivity index (χ3n) is 5.12. The van der Waals surface area contributed by atoms with E-state index in [4.69, 9.17) is 4.52 Å². The predicted octanol–water partition coefficient (Wildman–Crippen LogP) is 3.44. The molecule has 1 atom stereocenters. The molecule has 0 bridgehead atoms. The molecule has 6 nitrogen and oxygen atoms in total. The maximum absolute atomic E-state index is 12.4. The van der Waals surface area contributed by atoms with Crippen LogP contribution in [0, 0.1) is 0 Å². The zero-order valence-corrected chi connectivity index (χ0v) is 16.2. The van der Waals surface area contributed by atoms with Crippen LogP contribution in [0.25, 0.3) is 0 Å². The number of aromatic nitrogens is 2. The first-order chi connectivity index (χ1) is 13.6. The number of benzene rings is 2. The minimum atomic E-state index is -0.0235. The Morgan fingerprint density at radius 1 is 1.07 bits per heavy atom. The molecule has 0 radical (unpaired) electrons. The molecule has 2 aromatic carbocycles. The lowest BCUT2D eigenvalue weighted by atomic mass is 10.1. The summed E-state index contributed by atoms with van der Waals surface area (Å²) in [6, 6.07) is 18.2. The molecule has 1 aliphatic rings. The Morgan fingerprint density at radius 3 is 2.54 bits per heavy atom. The number of aryl methyl sites for hydroxylation is 2. The second kappa shape index (κ2) is 7.84. The van der Waals surface area contributed by atoms with Crippen molar-refractivity contribution in [1.82, 2.24) is 10.1 Å². The summed E-state index contributed by atoms with van der Waals surface area (Å²) >= 11 is 0.